The van der Waals surface area contributed by atoms with Gasteiger partial charge in [0.25, 0.3) is 0 Å². The van der Waals surface area contributed by atoms with Crippen LogP contribution in [-0.4, -0.2) is 27.6 Å². The molecule has 3 aromatic rings. The molecular formula is C17H16N4O3. The SMILES string of the molecule is COc1ccc(C)cc1N=Nc1c(C(=O)O)nc2cc(C)ccn12. The van der Waals surface area contributed by atoms with Gasteiger partial charge in [-0.05, 0) is 49.2 Å². The average molecular weight is 324 g/mol. The van der Waals surface area contributed by atoms with Crippen molar-refractivity contribution in [2.45, 2.75) is 13.8 Å². The van der Waals surface area contributed by atoms with Crippen molar-refractivity contribution in [1.29, 1.82) is 0 Å². The Bertz CT molecular complexity index is 960. The van der Waals surface area contributed by atoms with Crippen LogP contribution in [0, 0.1) is 13.8 Å². The Morgan fingerprint density at radius 1 is 1.17 bits per heavy atom. The average Bonchev–Trinajstić information content (AvgIpc) is 2.91. The molecule has 2 heterocycles. The molecule has 0 saturated carbocycles. The van der Waals surface area contributed by atoms with Crippen LogP contribution in [0.5, 0.6) is 5.75 Å². The van der Waals surface area contributed by atoms with Gasteiger partial charge in [-0.3, -0.25) is 4.40 Å². The number of aryl methyl sites for hydroxylation is 2. The van der Waals surface area contributed by atoms with E-state index < -0.39 is 5.97 Å². The molecule has 0 aliphatic heterocycles. The van der Waals surface area contributed by atoms with Gasteiger partial charge < -0.3 is 9.84 Å². The number of carboxylic acid groups (broad SMARTS) is 1. The van der Waals surface area contributed by atoms with Gasteiger partial charge in [-0.15, -0.1) is 10.2 Å². The Balaban J connectivity index is 2.14. The maximum Gasteiger partial charge on any atom is 0.358 e. The fourth-order valence-corrected chi connectivity index (χ4v) is 2.35. The van der Waals surface area contributed by atoms with Crippen molar-refractivity contribution in [3.63, 3.8) is 0 Å². The molecule has 0 atom stereocenters. The number of pyridine rings is 1. The summed E-state index contributed by atoms with van der Waals surface area (Å²) in [6.07, 6.45) is 1.73. The molecule has 122 valence electrons. The van der Waals surface area contributed by atoms with Crippen molar-refractivity contribution in [1.82, 2.24) is 9.38 Å². The van der Waals surface area contributed by atoms with Crippen molar-refractivity contribution in [2.75, 3.05) is 7.11 Å². The number of carboxylic acids is 1. The zero-order chi connectivity index (χ0) is 17.3. The van der Waals surface area contributed by atoms with Crippen molar-refractivity contribution < 1.29 is 14.6 Å². The normalized spacial score (nSPS) is 11.3. The van der Waals surface area contributed by atoms with Gasteiger partial charge in [-0.25, -0.2) is 9.78 Å². The molecule has 0 spiro atoms. The molecule has 0 fully saturated rings. The van der Waals surface area contributed by atoms with Crippen LogP contribution in [0.25, 0.3) is 5.65 Å². The van der Waals surface area contributed by atoms with Crippen LogP contribution in [0.15, 0.2) is 46.8 Å². The second-order valence-corrected chi connectivity index (χ2v) is 5.40. The van der Waals surface area contributed by atoms with Crippen molar-refractivity contribution in [2.24, 2.45) is 10.2 Å². The van der Waals surface area contributed by atoms with Crippen LogP contribution in [0.1, 0.15) is 21.6 Å². The zero-order valence-corrected chi connectivity index (χ0v) is 13.5. The molecule has 24 heavy (non-hydrogen) atoms. The van der Waals surface area contributed by atoms with E-state index in [1.54, 1.807) is 29.8 Å². The predicted octanol–water partition coefficient (Wildman–Crippen LogP) is 4.07. The van der Waals surface area contributed by atoms with E-state index in [1.165, 1.54) is 0 Å². The third-order valence-electron chi connectivity index (χ3n) is 3.55. The summed E-state index contributed by atoms with van der Waals surface area (Å²) in [5, 5.41) is 17.7. The van der Waals surface area contributed by atoms with E-state index in [2.05, 4.69) is 15.2 Å². The first-order valence-electron chi connectivity index (χ1n) is 7.28. The number of ether oxygens (including phenoxy) is 1. The van der Waals surface area contributed by atoms with Gasteiger partial charge in [0.05, 0.1) is 7.11 Å². The highest BCUT2D eigenvalue weighted by molar-refractivity contribution is 5.91. The van der Waals surface area contributed by atoms with Crippen molar-refractivity contribution in [3.8, 4) is 5.75 Å². The van der Waals surface area contributed by atoms with Gasteiger partial charge in [-0.2, -0.15) is 0 Å². The molecule has 2 aromatic heterocycles. The highest BCUT2D eigenvalue weighted by atomic mass is 16.5. The molecule has 0 bridgehead atoms. The van der Waals surface area contributed by atoms with Crippen LogP contribution < -0.4 is 4.74 Å². The number of fused-ring (bicyclic) bond motifs is 1. The Labute approximate surface area is 138 Å². The van der Waals surface area contributed by atoms with Gasteiger partial charge in [0, 0.05) is 6.20 Å². The molecule has 1 aromatic carbocycles. The summed E-state index contributed by atoms with van der Waals surface area (Å²) in [4.78, 5) is 15.6. The third-order valence-corrected chi connectivity index (χ3v) is 3.55. The molecule has 7 nitrogen and oxygen atoms in total. The minimum Gasteiger partial charge on any atom is -0.494 e. The fourth-order valence-electron chi connectivity index (χ4n) is 2.35. The number of hydrogen-bond donors (Lipinski definition) is 1. The summed E-state index contributed by atoms with van der Waals surface area (Å²) in [6.45, 7) is 3.84. The van der Waals surface area contributed by atoms with E-state index in [0.29, 0.717) is 17.1 Å². The quantitative estimate of drug-likeness (QED) is 0.732. The molecule has 0 aliphatic rings. The maximum atomic E-state index is 11.5. The van der Waals surface area contributed by atoms with Gasteiger partial charge in [-0.1, -0.05) is 6.07 Å². The third kappa shape index (κ3) is 2.83. The number of rotatable bonds is 4. The highest BCUT2D eigenvalue weighted by Crippen LogP contribution is 2.31. The summed E-state index contributed by atoms with van der Waals surface area (Å²) >= 11 is 0. The number of nitrogens with zero attached hydrogens (tertiary/aromatic N) is 4. The Hall–Kier alpha value is -3.22. The number of carbonyl (C=O) groups is 1. The number of hydrogen-bond acceptors (Lipinski definition) is 5. The fraction of sp³-hybridized carbons (Fsp3) is 0.176. The van der Waals surface area contributed by atoms with Crippen LogP contribution >= 0.6 is 0 Å². The minimum atomic E-state index is -1.15. The Morgan fingerprint density at radius 2 is 1.92 bits per heavy atom. The van der Waals surface area contributed by atoms with E-state index in [0.717, 1.165) is 11.1 Å². The summed E-state index contributed by atoms with van der Waals surface area (Å²) in [5.74, 6) is -0.423. The summed E-state index contributed by atoms with van der Waals surface area (Å²) in [6, 6.07) is 9.15. The van der Waals surface area contributed by atoms with Crippen molar-refractivity contribution >= 4 is 23.1 Å². The molecule has 3 rings (SSSR count). The van der Waals surface area contributed by atoms with Crippen LogP contribution in [0.4, 0.5) is 11.5 Å². The molecule has 0 aliphatic carbocycles. The molecular weight excluding hydrogens is 308 g/mol. The number of methoxy groups -OCH3 is 1. The Kier molecular flexibility index (Phi) is 3.99. The number of azo groups is 1. The standard InChI is InChI=1S/C17H16N4O3/c1-10-4-5-13(24-3)12(8-10)19-20-16-15(17(22)23)18-14-9-11(2)6-7-21(14)16/h4-9H,1-3H3,(H,22,23). The van der Waals surface area contributed by atoms with Gasteiger partial charge in [0.2, 0.25) is 0 Å². The molecule has 0 amide bonds. The maximum absolute atomic E-state index is 11.5. The lowest BCUT2D eigenvalue weighted by Crippen LogP contribution is -1.96. The highest BCUT2D eigenvalue weighted by Gasteiger charge is 2.18. The van der Waals surface area contributed by atoms with Gasteiger partial charge in [0.1, 0.15) is 17.1 Å². The molecule has 0 unspecified atom stereocenters. The second kappa shape index (κ2) is 6.11. The van der Waals surface area contributed by atoms with E-state index in [4.69, 9.17) is 4.74 Å². The van der Waals surface area contributed by atoms with Crippen LogP contribution in [0.3, 0.4) is 0 Å². The monoisotopic (exact) mass is 324 g/mol. The number of imidazole rings is 1. The predicted molar refractivity (Wildman–Crippen MR) is 88.8 cm³/mol. The first-order valence-corrected chi connectivity index (χ1v) is 7.28. The number of aromatic carboxylic acids is 1. The van der Waals surface area contributed by atoms with Crippen LogP contribution in [0.2, 0.25) is 0 Å². The lowest BCUT2D eigenvalue weighted by atomic mass is 10.2. The molecule has 1 N–H and O–H groups in total. The van der Waals surface area contributed by atoms with Crippen LogP contribution in [-0.2, 0) is 0 Å². The van der Waals surface area contributed by atoms with E-state index >= 15 is 0 Å². The molecule has 0 saturated heterocycles. The number of aromatic nitrogens is 2. The lowest BCUT2D eigenvalue weighted by Gasteiger charge is -2.04. The summed E-state index contributed by atoms with van der Waals surface area (Å²) in [5.41, 5.74) is 2.87. The lowest BCUT2D eigenvalue weighted by molar-refractivity contribution is 0.0692. The first kappa shape index (κ1) is 15.7. The summed E-state index contributed by atoms with van der Waals surface area (Å²) < 4.78 is 6.86. The van der Waals surface area contributed by atoms with E-state index in [9.17, 15) is 9.90 Å². The van der Waals surface area contributed by atoms with Gasteiger partial charge in [0.15, 0.2) is 11.5 Å². The van der Waals surface area contributed by atoms with Gasteiger partial charge >= 0.3 is 5.97 Å². The second-order valence-electron chi connectivity index (χ2n) is 5.40. The number of benzene rings is 1. The van der Waals surface area contributed by atoms with E-state index in [1.807, 2.05) is 32.0 Å². The smallest absolute Gasteiger partial charge is 0.358 e. The van der Waals surface area contributed by atoms with Crippen molar-refractivity contribution in [3.05, 3.63) is 53.3 Å². The van der Waals surface area contributed by atoms with E-state index in [-0.39, 0.29) is 11.5 Å². The minimum absolute atomic E-state index is 0.143. The summed E-state index contributed by atoms with van der Waals surface area (Å²) in [7, 11) is 1.55. The molecule has 7 heteroatoms. The molecule has 0 radical (unpaired) electrons. The Morgan fingerprint density at radius 3 is 2.62 bits per heavy atom. The largest absolute Gasteiger partial charge is 0.494 e. The first-order chi connectivity index (χ1) is 11.5. The topological polar surface area (TPSA) is 88.5 Å². The zero-order valence-electron chi connectivity index (χ0n) is 13.5.